The Morgan fingerprint density at radius 3 is 2.94 bits per heavy atom. The average Bonchev–Trinajstić information content (AvgIpc) is 2.29. The van der Waals surface area contributed by atoms with Gasteiger partial charge in [-0.1, -0.05) is 12.1 Å². The van der Waals surface area contributed by atoms with Crippen LogP contribution in [0.4, 0.5) is 5.69 Å². The van der Waals surface area contributed by atoms with E-state index in [9.17, 15) is 14.9 Å². The first-order valence-corrected chi connectivity index (χ1v) is 4.72. The smallest absolute Gasteiger partial charge is 0.270 e. The summed E-state index contributed by atoms with van der Waals surface area (Å²) in [7, 11) is 0. The van der Waals surface area contributed by atoms with Gasteiger partial charge in [-0.05, 0) is 6.92 Å². The van der Waals surface area contributed by atoms with Crippen molar-refractivity contribution in [2.24, 2.45) is 0 Å². The number of hydrogen-bond acceptors (Lipinski definition) is 4. The van der Waals surface area contributed by atoms with Crippen molar-refractivity contribution < 1.29 is 14.5 Å². The number of rotatable bonds is 5. The minimum absolute atomic E-state index is 0.101. The summed E-state index contributed by atoms with van der Waals surface area (Å²) >= 11 is 0. The lowest BCUT2D eigenvalue weighted by Gasteiger charge is -1.96. The molecule has 5 nitrogen and oxygen atoms in total. The van der Waals surface area contributed by atoms with E-state index in [0.717, 1.165) is 0 Å². The van der Waals surface area contributed by atoms with Crippen LogP contribution in [0.2, 0.25) is 0 Å². The molecule has 0 saturated heterocycles. The van der Waals surface area contributed by atoms with Crippen LogP contribution in [0.1, 0.15) is 17.3 Å². The van der Waals surface area contributed by atoms with Crippen molar-refractivity contribution in [3.63, 3.8) is 0 Å². The maximum atomic E-state index is 11.5. The van der Waals surface area contributed by atoms with Crippen LogP contribution in [0.5, 0.6) is 0 Å². The molecule has 0 N–H and O–H groups in total. The van der Waals surface area contributed by atoms with Gasteiger partial charge < -0.3 is 4.74 Å². The Kier molecular flexibility index (Phi) is 4.20. The van der Waals surface area contributed by atoms with Gasteiger partial charge in [0.25, 0.3) is 5.69 Å². The van der Waals surface area contributed by atoms with Crippen molar-refractivity contribution in [1.82, 2.24) is 0 Å². The van der Waals surface area contributed by atoms with Crippen molar-refractivity contribution in [2.75, 3.05) is 6.61 Å². The van der Waals surface area contributed by atoms with Gasteiger partial charge in [0.2, 0.25) is 0 Å². The third-order valence-corrected chi connectivity index (χ3v) is 1.82. The van der Waals surface area contributed by atoms with Crippen LogP contribution >= 0.6 is 0 Å². The number of nitrogens with zero attached hydrogens (tertiary/aromatic N) is 1. The monoisotopic (exact) mass is 221 g/mol. The summed E-state index contributed by atoms with van der Waals surface area (Å²) in [6.45, 7) is 2.26. The average molecular weight is 221 g/mol. The van der Waals surface area contributed by atoms with Gasteiger partial charge in [-0.25, -0.2) is 0 Å². The molecule has 1 aromatic carbocycles. The van der Waals surface area contributed by atoms with E-state index in [1.807, 2.05) is 0 Å². The molecular formula is C11H11NO4. The normalized spacial score (nSPS) is 10.3. The number of hydrogen-bond donors (Lipinski definition) is 0. The van der Waals surface area contributed by atoms with Gasteiger partial charge in [0.1, 0.15) is 0 Å². The number of ketones is 1. The molecule has 1 rings (SSSR count). The second-order valence-corrected chi connectivity index (χ2v) is 2.93. The molecule has 0 amide bonds. The molecule has 5 heteroatoms. The first-order valence-electron chi connectivity index (χ1n) is 4.72. The van der Waals surface area contributed by atoms with Gasteiger partial charge in [0.05, 0.1) is 17.8 Å². The number of ether oxygens (including phenoxy) is 1. The summed E-state index contributed by atoms with van der Waals surface area (Å²) in [6, 6.07) is 5.56. The van der Waals surface area contributed by atoms with E-state index in [0.29, 0.717) is 6.61 Å². The molecule has 0 fully saturated rings. The molecule has 0 saturated carbocycles. The Bertz CT molecular complexity index is 426. The lowest BCUT2D eigenvalue weighted by molar-refractivity contribution is -0.384. The minimum atomic E-state index is -0.539. The molecule has 16 heavy (non-hydrogen) atoms. The molecule has 0 unspecified atom stereocenters. The first-order chi connectivity index (χ1) is 7.65. The Morgan fingerprint density at radius 2 is 2.31 bits per heavy atom. The van der Waals surface area contributed by atoms with Crippen LogP contribution < -0.4 is 0 Å². The van der Waals surface area contributed by atoms with E-state index in [-0.39, 0.29) is 17.0 Å². The molecule has 0 heterocycles. The van der Waals surface area contributed by atoms with Crippen molar-refractivity contribution in [2.45, 2.75) is 6.92 Å². The molecule has 0 aromatic heterocycles. The number of carbonyl (C=O) groups is 1. The van der Waals surface area contributed by atoms with Crippen LogP contribution in [0.15, 0.2) is 36.6 Å². The van der Waals surface area contributed by atoms with E-state index in [1.54, 1.807) is 6.92 Å². The lowest BCUT2D eigenvalue weighted by Crippen LogP contribution is -1.96. The van der Waals surface area contributed by atoms with E-state index in [4.69, 9.17) is 4.74 Å². The molecule has 1 aromatic rings. The Morgan fingerprint density at radius 1 is 1.56 bits per heavy atom. The highest BCUT2D eigenvalue weighted by atomic mass is 16.6. The second-order valence-electron chi connectivity index (χ2n) is 2.93. The van der Waals surface area contributed by atoms with Crippen LogP contribution in [-0.2, 0) is 4.74 Å². The Labute approximate surface area is 92.5 Å². The number of nitro groups is 1. The third kappa shape index (κ3) is 3.20. The zero-order chi connectivity index (χ0) is 12.0. The molecule has 0 aliphatic carbocycles. The molecule has 0 radical (unpaired) electrons. The zero-order valence-corrected chi connectivity index (χ0v) is 8.75. The predicted octanol–water partition coefficient (Wildman–Crippen LogP) is 2.33. The number of allylic oxidation sites excluding steroid dienone is 1. The van der Waals surface area contributed by atoms with Crippen LogP contribution in [0.3, 0.4) is 0 Å². The molecule has 0 aliphatic heterocycles. The second kappa shape index (κ2) is 5.65. The van der Waals surface area contributed by atoms with Crippen LogP contribution in [-0.4, -0.2) is 17.3 Å². The summed E-state index contributed by atoms with van der Waals surface area (Å²) in [5.41, 5.74) is 0.167. The minimum Gasteiger partial charge on any atom is -0.501 e. The number of benzene rings is 1. The van der Waals surface area contributed by atoms with Gasteiger partial charge in [-0.15, -0.1) is 0 Å². The summed E-state index contributed by atoms with van der Waals surface area (Å²) in [5, 5.41) is 10.5. The van der Waals surface area contributed by atoms with Crippen LogP contribution in [0, 0.1) is 10.1 Å². The van der Waals surface area contributed by atoms with Gasteiger partial charge in [-0.3, -0.25) is 14.9 Å². The van der Waals surface area contributed by atoms with Crippen LogP contribution in [0.25, 0.3) is 0 Å². The highest BCUT2D eigenvalue weighted by molar-refractivity contribution is 6.04. The predicted molar refractivity (Wildman–Crippen MR) is 58.2 cm³/mol. The van der Waals surface area contributed by atoms with E-state index >= 15 is 0 Å². The third-order valence-electron chi connectivity index (χ3n) is 1.82. The van der Waals surface area contributed by atoms with Gasteiger partial charge in [0, 0.05) is 23.8 Å². The number of non-ortho nitro benzene ring substituents is 1. The van der Waals surface area contributed by atoms with E-state index in [2.05, 4.69) is 0 Å². The highest BCUT2D eigenvalue weighted by Gasteiger charge is 2.08. The topological polar surface area (TPSA) is 69.4 Å². The molecular weight excluding hydrogens is 210 g/mol. The van der Waals surface area contributed by atoms with E-state index in [1.165, 1.54) is 36.6 Å². The fraction of sp³-hybridized carbons (Fsp3) is 0.182. The van der Waals surface area contributed by atoms with Crippen molar-refractivity contribution in [1.29, 1.82) is 0 Å². The molecule has 0 bridgehead atoms. The van der Waals surface area contributed by atoms with Gasteiger partial charge >= 0.3 is 0 Å². The molecule has 84 valence electrons. The zero-order valence-electron chi connectivity index (χ0n) is 8.75. The standard InChI is InChI=1S/C11H11NO4/c1-2-16-7-6-11(13)9-4-3-5-10(8-9)12(14)15/h3-8H,2H2,1H3. The van der Waals surface area contributed by atoms with Crippen molar-refractivity contribution in [3.8, 4) is 0 Å². The lowest BCUT2D eigenvalue weighted by atomic mass is 10.1. The SMILES string of the molecule is CCOC=CC(=O)c1cccc([N+](=O)[O-])c1. The highest BCUT2D eigenvalue weighted by Crippen LogP contribution is 2.13. The summed E-state index contributed by atoms with van der Waals surface area (Å²) in [5.74, 6) is -0.322. The fourth-order valence-electron chi connectivity index (χ4n) is 1.08. The first kappa shape index (κ1) is 11.9. The summed E-state index contributed by atoms with van der Waals surface area (Å²) in [6.07, 6.45) is 2.52. The Hall–Kier alpha value is -2.17. The quantitative estimate of drug-likeness (QED) is 0.251. The van der Waals surface area contributed by atoms with Gasteiger partial charge in [-0.2, -0.15) is 0 Å². The summed E-state index contributed by atoms with van der Waals surface area (Å²) in [4.78, 5) is 21.5. The fourth-order valence-corrected chi connectivity index (χ4v) is 1.08. The molecule has 0 aliphatic rings. The maximum absolute atomic E-state index is 11.5. The number of nitro benzene ring substituents is 1. The van der Waals surface area contributed by atoms with Gasteiger partial charge in [0.15, 0.2) is 5.78 Å². The van der Waals surface area contributed by atoms with Crippen molar-refractivity contribution in [3.05, 3.63) is 52.3 Å². The summed E-state index contributed by atoms with van der Waals surface area (Å²) < 4.78 is 4.87. The van der Waals surface area contributed by atoms with Crippen molar-refractivity contribution >= 4 is 11.5 Å². The largest absolute Gasteiger partial charge is 0.501 e. The Balaban J connectivity index is 2.83. The van der Waals surface area contributed by atoms with E-state index < -0.39 is 4.92 Å². The number of carbonyl (C=O) groups excluding carboxylic acids is 1. The molecule has 0 atom stereocenters. The molecule has 0 spiro atoms. The maximum Gasteiger partial charge on any atom is 0.270 e.